The molecule has 2 aromatic carbocycles. The molecule has 0 heterocycles. The van der Waals surface area contributed by atoms with Crippen molar-refractivity contribution < 1.29 is 4.79 Å². The molecule has 0 amide bonds. The largest absolute Gasteiger partial charge is 0.295 e. The highest BCUT2D eigenvalue weighted by Gasteiger charge is 1.99. The first kappa shape index (κ1) is 22.3. The van der Waals surface area contributed by atoms with Crippen LogP contribution >= 0.6 is 15.9 Å². The first-order valence-electron chi connectivity index (χ1n) is 8.10. The molecule has 0 aliphatic rings. The van der Waals surface area contributed by atoms with Crippen LogP contribution in [-0.4, -0.2) is 5.78 Å². The van der Waals surface area contributed by atoms with Gasteiger partial charge in [0.1, 0.15) is 0 Å². The molecule has 2 rings (SSSR count). The molecular weight excluding hydrogens is 360 g/mol. The van der Waals surface area contributed by atoms with Gasteiger partial charge in [0.05, 0.1) is 0 Å². The summed E-state index contributed by atoms with van der Waals surface area (Å²) in [7, 11) is 0. The zero-order valence-corrected chi connectivity index (χ0v) is 17.3. The van der Waals surface area contributed by atoms with Crippen LogP contribution in [0.2, 0.25) is 0 Å². The molecule has 0 atom stereocenters. The number of aryl methyl sites for hydroxylation is 3. The third kappa shape index (κ3) is 9.46. The molecule has 0 aliphatic heterocycles. The van der Waals surface area contributed by atoms with E-state index in [-0.39, 0.29) is 5.78 Å². The highest BCUT2D eigenvalue weighted by molar-refractivity contribution is 9.10. The Morgan fingerprint density at radius 3 is 1.88 bits per heavy atom. The Morgan fingerprint density at radius 1 is 1.00 bits per heavy atom. The van der Waals surface area contributed by atoms with E-state index in [0.29, 0.717) is 5.92 Å². The van der Waals surface area contributed by atoms with Gasteiger partial charge in [-0.15, -0.1) is 0 Å². The van der Waals surface area contributed by atoms with Crippen molar-refractivity contribution in [3.63, 3.8) is 0 Å². The van der Waals surface area contributed by atoms with Crippen LogP contribution in [0.3, 0.4) is 0 Å². The van der Waals surface area contributed by atoms with Crippen LogP contribution in [0.15, 0.2) is 59.6 Å². The van der Waals surface area contributed by atoms with Crippen molar-refractivity contribution in [1.82, 2.24) is 0 Å². The molecule has 0 bridgehead atoms. The van der Waals surface area contributed by atoms with Gasteiger partial charge in [-0.05, 0) is 74.1 Å². The fraction of sp³-hybridized carbons (Fsp3) is 0.318. The average molecular weight is 389 g/mol. The predicted octanol–water partition coefficient (Wildman–Crippen LogP) is 6.95. The summed E-state index contributed by atoms with van der Waals surface area (Å²) in [5.74, 6) is 0.672. The summed E-state index contributed by atoms with van der Waals surface area (Å²) in [5, 5.41) is 0. The lowest BCUT2D eigenvalue weighted by Crippen LogP contribution is -1.89. The Hall–Kier alpha value is -1.67. The summed E-state index contributed by atoms with van der Waals surface area (Å²) in [6.45, 7) is 15.5. The summed E-state index contributed by atoms with van der Waals surface area (Å²) < 4.78 is 1.16. The first-order chi connectivity index (χ1) is 11.2. The smallest absolute Gasteiger partial charge is 0.152 e. The van der Waals surface area contributed by atoms with Gasteiger partial charge in [0, 0.05) is 4.47 Å². The number of rotatable bonds is 2. The Morgan fingerprint density at radius 2 is 1.54 bits per heavy atom. The van der Waals surface area contributed by atoms with Gasteiger partial charge in [0.2, 0.25) is 0 Å². The molecule has 0 saturated carbocycles. The van der Waals surface area contributed by atoms with E-state index >= 15 is 0 Å². The molecule has 0 aromatic heterocycles. The minimum Gasteiger partial charge on any atom is -0.295 e. The molecular formula is C22H29BrO. The van der Waals surface area contributed by atoms with Gasteiger partial charge >= 0.3 is 0 Å². The van der Waals surface area contributed by atoms with Crippen molar-refractivity contribution in [1.29, 1.82) is 0 Å². The molecule has 2 aromatic rings. The fourth-order valence-corrected chi connectivity index (χ4v) is 2.41. The van der Waals surface area contributed by atoms with E-state index in [0.717, 1.165) is 4.47 Å². The van der Waals surface area contributed by atoms with E-state index in [4.69, 9.17) is 0 Å². The maximum absolute atomic E-state index is 9.69. The van der Waals surface area contributed by atoms with E-state index in [1.165, 1.54) is 35.3 Å². The Balaban J connectivity index is 0.000000351. The van der Waals surface area contributed by atoms with Crippen molar-refractivity contribution >= 4 is 21.7 Å². The second-order valence-electron chi connectivity index (χ2n) is 6.05. The molecule has 0 fully saturated rings. The zero-order valence-electron chi connectivity index (χ0n) is 15.7. The average Bonchev–Trinajstić information content (AvgIpc) is 2.52. The number of carbonyl (C=O) groups excluding carboxylic acids is 1. The third-order valence-corrected chi connectivity index (χ3v) is 4.06. The molecule has 0 aliphatic carbocycles. The molecule has 0 spiro atoms. The highest BCUT2D eigenvalue weighted by Crippen LogP contribution is 2.17. The number of benzene rings is 2. The molecule has 1 nitrogen and oxygen atoms in total. The van der Waals surface area contributed by atoms with Gasteiger partial charge in [-0.3, -0.25) is 4.79 Å². The van der Waals surface area contributed by atoms with Crippen molar-refractivity contribution in [2.45, 2.75) is 47.5 Å². The second kappa shape index (κ2) is 11.8. The molecule has 24 heavy (non-hydrogen) atoms. The van der Waals surface area contributed by atoms with Crippen LogP contribution in [0.25, 0.3) is 0 Å². The minimum atomic E-state index is 0.0185. The number of ketones is 1. The van der Waals surface area contributed by atoms with Crippen LogP contribution in [-0.2, 0) is 4.79 Å². The molecule has 130 valence electrons. The van der Waals surface area contributed by atoms with Crippen molar-refractivity contribution in [3.8, 4) is 0 Å². The maximum atomic E-state index is 9.69. The zero-order chi connectivity index (χ0) is 18.7. The quantitative estimate of drug-likeness (QED) is 0.508. The topological polar surface area (TPSA) is 17.1 Å². The summed E-state index contributed by atoms with van der Waals surface area (Å²) in [5.41, 5.74) is 5.54. The number of halogens is 1. The Kier molecular flexibility index (Phi) is 11.0. The van der Waals surface area contributed by atoms with E-state index in [2.05, 4.69) is 99.6 Å². The van der Waals surface area contributed by atoms with Gasteiger partial charge in [-0.1, -0.05) is 66.7 Å². The number of allylic oxidation sites excluding steroid dienone is 1. The summed E-state index contributed by atoms with van der Waals surface area (Å²) in [4.78, 5) is 9.69. The van der Waals surface area contributed by atoms with Crippen LogP contribution in [0, 0.1) is 20.8 Å². The van der Waals surface area contributed by atoms with Gasteiger partial charge in [0.25, 0.3) is 0 Å². The number of hydrogen-bond acceptors (Lipinski definition) is 1. The van der Waals surface area contributed by atoms with E-state index in [1.54, 1.807) is 0 Å². The molecule has 2 heteroatoms. The highest BCUT2D eigenvalue weighted by atomic mass is 79.9. The summed E-state index contributed by atoms with van der Waals surface area (Å²) in [6, 6.07) is 14.8. The lowest BCUT2D eigenvalue weighted by molar-refractivity contribution is -0.112. The number of carbonyl (C=O) groups is 1. The maximum Gasteiger partial charge on any atom is 0.152 e. The number of hydrogen-bond donors (Lipinski definition) is 0. The van der Waals surface area contributed by atoms with Crippen LogP contribution < -0.4 is 0 Å². The predicted molar refractivity (Wildman–Crippen MR) is 110 cm³/mol. The monoisotopic (exact) mass is 388 g/mol. The second-order valence-corrected chi connectivity index (χ2v) is 6.97. The van der Waals surface area contributed by atoms with Crippen molar-refractivity contribution in [2.24, 2.45) is 0 Å². The van der Waals surface area contributed by atoms with E-state index in [9.17, 15) is 4.79 Å². The third-order valence-electron chi connectivity index (χ3n) is 3.57. The molecule has 0 N–H and O–H groups in total. The van der Waals surface area contributed by atoms with Crippen molar-refractivity contribution in [2.75, 3.05) is 0 Å². The first-order valence-corrected chi connectivity index (χ1v) is 8.89. The van der Waals surface area contributed by atoms with Crippen LogP contribution in [0.1, 0.15) is 48.9 Å². The van der Waals surface area contributed by atoms with Crippen LogP contribution in [0.4, 0.5) is 0 Å². The SMILES string of the molecule is C=CC(C)=O.Cc1ccc(Br)cc1C.Cc1ccccc1C(C)C. The Bertz CT molecular complexity index is 657. The van der Waals surface area contributed by atoms with Crippen LogP contribution in [0.5, 0.6) is 0 Å². The molecule has 0 saturated heterocycles. The van der Waals surface area contributed by atoms with Gasteiger partial charge in [-0.25, -0.2) is 0 Å². The Labute approximate surface area is 155 Å². The van der Waals surface area contributed by atoms with Gasteiger partial charge in [0.15, 0.2) is 5.78 Å². The summed E-state index contributed by atoms with van der Waals surface area (Å²) >= 11 is 3.40. The molecule has 0 radical (unpaired) electrons. The van der Waals surface area contributed by atoms with Gasteiger partial charge in [-0.2, -0.15) is 0 Å². The van der Waals surface area contributed by atoms with E-state index < -0.39 is 0 Å². The van der Waals surface area contributed by atoms with Crippen molar-refractivity contribution in [3.05, 3.63) is 81.8 Å². The fourth-order valence-electron chi connectivity index (χ4n) is 1.94. The van der Waals surface area contributed by atoms with Gasteiger partial charge < -0.3 is 0 Å². The molecule has 0 unspecified atom stereocenters. The normalized spacial score (nSPS) is 9.33. The standard InChI is InChI=1S/C10H14.C8H9Br.C4H6O/c1-8(2)10-7-5-4-6-9(10)3;1-6-3-4-8(9)5-7(6)2;1-3-4(2)5/h4-8H,1-3H3;3-5H,1-2H3;3H,1H2,2H3. The lowest BCUT2D eigenvalue weighted by atomic mass is 9.99. The lowest BCUT2D eigenvalue weighted by Gasteiger charge is -2.07. The van der Waals surface area contributed by atoms with E-state index in [1.807, 2.05) is 0 Å². The summed E-state index contributed by atoms with van der Waals surface area (Å²) in [6.07, 6.45) is 1.28. The minimum absolute atomic E-state index is 0.0185.